The summed E-state index contributed by atoms with van der Waals surface area (Å²) < 4.78 is 14.0. The van der Waals surface area contributed by atoms with E-state index in [2.05, 4.69) is 169 Å². The van der Waals surface area contributed by atoms with Crippen LogP contribution in [0.15, 0.2) is 194 Å². The SMILES string of the molecule is Fc1ccc(-c2cccc3cccc(-c4ccccc4N(c4ccc(-c5ccccc5)cc4)c4cccc(-c5ccccc5)c4)c23)cc1. The molecule has 1 nitrogen and oxygen atoms in total. The Morgan fingerprint density at radius 3 is 1.56 bits per heavy atom. The first-order chi connectivity index (χ1) is 23.7. The van der Waals surface area contributed by atoms with E-state index >= 15 is 0 Å². The zero-order valence-corrected chi connectivity index (χ0v) is 26.3. The van der Waals surface area contributed by atoms with Gasteiger partial charge in [0.15, 0.2) is 0 Å². The zero-order chi connectivity index (χ0) is 32.3. The van der Waals surface area contributed by atoms with E-state index in [0.29, 0.717) is 0 Å². The molecule has 0 fully saturated rings. The molecule has 0 heterocycles. The minimum atomic E-state index is -0.240. The standard InChI is InChI=1S/C46H32FN/c47-39-28-24-36(25-29-39)42-21-10-16-37-17-11-22-44(46(37)42)43-20-7-8-23-45(43)48(40-30-26-35(27-31-40)33-12-3-1-4-13-33)41-19-9-18-38(32-41)34-14-5-2-6-15-34/h1-32H. The van der Waals surface area contributed by atoms with Gasteiger partial charge in [-0.3, -0.25) is 0 Å². The maximum absolute atomic E-state index is 14.0. The first-order valence-corrected chi connectivity index (χ1v) is 16.2. The molecule has 8 aromatic carbocycles. The molecule has 0 bridgehead atoms. The molecule has 0 spiro atoms. The lowest BCUT2D eigenvalue weighted by Crippen LogP contribution is -2.11. The normalized spacial score (nSPS) is 11.0. The van der Waals surface area contributed by atoms with Crippen LogP contribution in [0.4, 0.5) is 21.5 Å². The van der Waals surface area contributed by atoms with E-state index in [0.717, 1.165) is 55.7 Å². The van der Waals surface area contributed by atoms with Gasteiger partial charge in [0.05, 0.1) is 5.69 Å². The van der Waals surface area contributed by atoms with Crippen LogP contribution >= 0.6 is 0 Å². The van der Waals surface area contributed by atoms with Gasteiger partial charge >= 0.3 is 0 Å². The van der Waals surface area contributed by atoms with Crippen molar-refractivity contribution in [3.8, 4) is 44.5 Å². The molecular formula is C46H32FN. The van der Waals surface area contributed by atoms with Crippen molar-refractivity contribution in [2.75, 3.05) is 4.90 Å². The molecule has 8 aromatic rings. The van der Waals surface area contributed by atoms with Gasteiger partial charge in [0.1, 0.15) is 5.82 Å². The average molecular weight is 618 g/mol. The highest BCUT2D eigenvalue weighted by atomic mass is 19.1. The van der Waals surface area contributed by atoms with Crippen LogP contribution in [-0.2, 0) is 0 Å². The van der Waals surface area contributed by atoms with Gasteiger partial charge < -0.3 is 4.90 Å². The summed E-state index contributed by atoms with van der Waals surface area (Å²) in [6.45, 7) is 0. The number of hydrogen-bond donors (Lipinski definition) is 0. The van der Waals surface area contributed by atoms with Crippen LogP contribution in [0.25, 0.3) is 55.3 Å². The molecule has 0 radical (unpaired) electrons. The quantitative estimate of drug-likeness (QED) is 0.172. The summed E-state index contributed by atoms with van der Waals surface area (Å²) in [5.74, 6) is -0.240. The number of halogens is 1. The maximum atomic E-state index is 14.0. The fourth-order valence-electron chi connectivity index (χ4n) is 6.65. The van der Waals surface area contributed by atoms with Crippen molar-refractivity contribution in [1.29, 1.82) is 0 Å². The molecular weight excluding hydrogens is 586 g/mol. The molecule has 0 unspecified atom stereocenters. The molecule has 0 saturated heterocycles. The summed E-state index contributed by atoms with van der Waals surface area (Å²) in [4.78, 5) is 2.36. The third kappa shape index (κ3) is 5.65. The minimum absolute atomic E-state index is 0.240. The smallest absolute Gasteiger partial charge is 0.123 e. The Morgan fingerprint density at radius 2 is 0.854 bits per heavy atom. The fraction of sp³-hybridized carbons (Fsp3) is 0. The Morgan fingerprint density at radius 1 is 0.333 bits per heavy atom. The van der Waals surface area contributed by atoms with Crippen LogP contribution in [0.2, 0.25) is 0 Å². The van der Waals surface area contributed by atoms with Crippen molar-refractivity contribution in [2.24, 2.45) is 0 Å². The minimum Gasteiger partial charge on any atom is -0.310 e. The molecule has 0 N–H and O–H groups in total. The van der Waals surface area contributed by atoms with Gasteiger partial charge in [-0.15, -0.1) is 0 Å². The van der Waals surface area contributed by atoms with Crippen molar-refractivity contribution >= 4 is 27.8 Å². The van der Waals surface area contributed by atoms with Crippen LogP contribution < -0.4 is 4.90 Å². The largest absolute Gasteiger partial charge is 0.310 e. The molecule has 8 rings (SSSR count). The van der Waals surface area contributed by atoms with Gasteiger partial charge in [0.25, 0.3) is 0 Å². The predicted octanol–water partition coefficient (Wildman–Crippen LogP) is 13.1. The van der Waals surface area contributed by atoms with E-state index < -0.39 is 0 Å². The number of hydrogen-bond acceptors (Lipinski definition) is 1. The van der Waals surface area contributed by atoms with Crippen LogP contribution in [0.3, 0.4) is 0 Å². The molecule has 0 aliphatic heterocycles. The van der Waals surface area contributed by atoms with Crippen molar-refractivity contribution in [2.45, 2.75) is 0 Å². The predicted molar refractivity (Wildman–Crippen MR) is 200 cm³/mol. The highest BCUT2D eigenvalue weighted by Gasteiger charge is 2.20. The van der Waals surface area contributed by atoms with Gasteiger partial charge in [0.2, 0.25) is 0 Å². The highest BCUT2D eigenvalue weighted by Crippen LogP contribution is 2.45. The van der Waals surface area contributed by atoms with Gasteiger partial charge in [-0.05, 0) is 92.2 Å². The number of para-hydroxylation sites is 1. The van der Waals surface area contributed by atoms with Crippen LogP contribution in [0, 0.1) is 5.82 Å². The molecule has 0 aliphatic rings. The van der Waals surface area contributed by atoms with Crippen molar-refractivity contribution < 1.29 is 4.39 Å². The highest BCUT2D eigenvalue weighted by molar-refractivity contribution is 6.08. The third-order valence-corrected chi connectivity index (χ3v) is 8.94. The van der Waals surface area contributed by atoms with E-state index in [9.17, 15) is 4.39 Å². The molecule has 0 amide bonds. The molecule has 48 heavy (non-hydrogen) atoms. The number of nitrogens with zero attached hydrogens (tertiary/aromatic N) is 1. The topological polar surface area (TPSA) is 3.24 Å². The van der Waals surface area contributed by atoms with Crippen LogP contribution in [-0.4, -0.2) is 0 Å². The van der Waals surface area contributed by atoms with Crippen molar-refractivity contribution in [3.63, 3.8) is 0 Å². The maximum Gasteiger partial charge on any atom is 0.123 e. The molecule has 228 valence electrons. The Balaban J connectivity index is 1.34. The van der Waals surface area contributed by atoms with Gasteiger partial charge in [-0.25, -0.2) is 4.39 Å². The lowest BCUT2D eigenvalue weighted by Gasteiger charge is -2.29. The Hall–Kier alpha value is -6.25. The van der Waals surface area contributed by atoms with E-state index in [4.69, 9.17) is 0 Å². The average Bonchev–Trinajstić information content (AvgIpc) is 3.16. The van der Waals surface area contributed by atoms with Crippen molar-refractivity contribution in [3.05, 3.63) is 200 Å². The summed E-state index contributed by atoms with van der Waals surface area (Å²) in [7, 11) is 0. The van der Waals surface area contributed by atoms with Crippen LogP contribution in [0.5, 0.6) is 0 Å². The summed E-state index contributed by atoms with van der Waals surface area (Å²) >= 11 is 0. The second-order valence-electron chi connectivity index (χ2n) is 11.9. The van der Waals surface area contributed by atoms with E-state index in [-0.39, 0.29) is 5.82 Å². The van der Waals surface area contributed by atoms with Gasteiger partial charge in [0, 0.05) is 16.9 Å². The molecule has 0 atom stereocenters. The first kappa shape index (κ1) is 29.2. The zero-order valence-electron chi connectivity index (χ0n) is 26.3. The number of rotatable bonds is 7. The fourth-order valence-corrected chi connectivity index (χ4v) is 6.65. The summed E-state index contributed by atoms with van der Waals surface area (Å²) in [6.07, 6.45) is 0. The molecule has 0 aromatic heterocycles. The van der Waals surface area contributed by atoms with Crippen LogP contribution in [0.1, 0.15) is 0 Å². The summed E-state index contributed by atoms with van der Waals surface area (Å²) in [6, 6.07) is 66.8. The monoisotopic (exact) mass is 617 g/mol. The summed E-state index contributed by atoms with van der Waals surface area (Å²) in [5, 5.41) is 2.27. The summed E-state index contributed by atoms with van der Waals surface area (Å²) in [5.41, 5.74) is 12.2. The van der Waals surface area contributed by atoms with Gasteiger partial charge in [-0.1, -0.05) is 152 Å². The molecule has 0 aliphatic carbocycles. The van der Waals surface area contributed by atoms with Gasteiger partial charge in [-0.2, -0.15) is 0 Å². The lowest BCUT2D eigenvalue weighted by molar-refractivity contribution is 0.628. The Labute approximate surface area is 280 Å². The second kappa shape index (κ2) is 12.9. The number of fused-ring (bicyclic) bond motifs is 1. The second-order valence-corrected chi connectivity index (χ2v) is 11.9. The Bertz CT molecular complexity index is 2320. The molecule has 0 saturated carbocycles. The number of anilines is 3. The number of benzene rings is 8. The Kier molecular flexibility index (Phi) is 7.82. The van der Waals surface area contributed by atoms with Crippen molar-refractivity contribution in [1.82, 2.24) is 0 Å². The first-order valence-electron chi connectivity index (χ1n) is 16.2. The molecule has 2 heteroatoms. The van der Waals surface area contributed by atoms with E-state index in [1.807, 2.05) is 18.2 Å². The third-order valence-electron chi connectivity index (χ3n) is 8.94. The lowest BCUT2D eigenvalue weighted by atomic mass is 9.90. The van der Waals surface area contributed by atoms with E-state index in [1.165, 1.54) is 28.8 Å². The van der Waals surface area contributed by atoms with E-state index in [1.54, 1.807) is 0 Å².